The van der Waals surface area contributed by atoms with Crippen LogP contribution in [0.2, 0.25) is 0 Å². The van der Waals surface area contributed by atoms with E-state index in [0.29, 0.717) is 24.6 Å². The van der Waals surface area contributed by atoms with E-state index in [1.807, 2.05) is 6.92 Å². The highest BCUT2D eigenvalue weighted by Crippen LogP contribution is 2.23. The number of aromatic nitrogens is 2. The fraction of sp³-hybridized carbons (Fsp3) is 0.571. The Morgan fingerprint density at radius 1 is 1.07 bits per heavy atom. The summed E-state index contributed by atoms with van der Waals surface area (Å²) in [7, 11) is 0.292. The van der Waals surface area contributed by atoms with Gasteiger partial charge in [-0.1, -0.05) is 12.1 Å². The highest BCUT2D eigenvalue weighted by Gasteiger charge is 2.19. The van der Waals surface area contributed by atoms with Gasteiger partial charge in [0, 0.05) is 46.4 Å². The molecular weight excluding hydrogens is 402 g/mol. The molecule has 3 rings (SSSR count). The number of nitrogens with zero attached hydrogens (tertiary/aromatic N) is 4. The van der Waals surface area contributed by atoms with Gasteiger partial charge in [-0.2, -0.15) is 5.10 Å². The molecule has 0 radical (unpaired) electrons. The second-order valence-electron chi connectivity index (χ2n) is 7.97. The number of hydrogen-bond donors (Lipinski definition) is 1. The maximum atomic E-state index is 12.7. The van der Waals surface area contributed by atoms with Crippen LogP contribution in [0.4, 0.5) is 5.69 Å². The zero-order valence-corrected chi connectivity index (χ0v) is 19.2. The fourth-order valence-corrected chi connectivity index (χ4v) is 4.71. The average molecular weight is 436 g/mol. The first-order chi connectivity index (χ1) is 14.3. The van der Waals surface area contributed by atoms with Crippen LogP contribution in [0.15, 0.2) is 29.2 Å². The molecule has 1 saturated heterocycles. The number of anilines is 1. The molecule has 1 aliphatic heterocycles. The number of piperazine rings is 1. The number of aryl methyl sites for hydroxylation is 2. The first-order valence-corrected chi connectivity index (χ1v) is 11.8. The zero-order valence-electron chi connectivity index (χ0n) is 18.4. The van der Waals surface area contributed by atoms with Gasteiger partial charge in [0.15, 0.2) is 0 Å². The molecule has 0 atom stereocenters. The molecule has 1 aromatic heterocycles. The number of sulfonamides is 1. The second kappa shape index (κ2) is 9.91. The van der Waals surface area contributed by atoms with E-state index >= 15 is 0 Å². The molecular formula is C21H33N5O3S. The van der Waals surface area contributed by atoms with Crippen LogP contribution in [-0.2, 0) is 28.4 Å². The molecule has 8 nitrogen and oxygen atoms in total. The molecule has 1 aromatic carbocycles. The Kier molecular flexibility index (Phi) is 7.51. The van der Waals surface area contributed by atoms with Crippen LogP contribution >= 0.6 is 0 Å². The van der Waals surface area contributed by atoms with Gasteiger partial charge in [0.1, 0.15) is 0 Å². The summed E-state index contributed by atoms with van der Waals surface area (Å²) >= 11 is 0. The van der Waals surface area contributed by atoms with Gasteiger partial charge >= 0.3 is 0 Å². The maximum Gasteiger partial charge on any atom is 0.262 e. The molecule has 2 aromatic rings. The van der Waals surface area contributed by atoms with E-state index in [1.54, 1.807) is 42.9 Å². The van der Waals surface area contributed by atoms with Gasteiger partial charge in [0.25, 0.3) is 10.0 Å². The van der Waals surface area contributed by atoms with E-state index in [0.717, 1.165) is 50.4 Å². The van der Waals surface area contributed by atoms with Crippen molar-refractivity contribution >= 4 is 15.7 Å². The highest BCUT2D eigenvalue weighted by molar-refractivity contribution is 7.92. The quantitative estimate of drug-likeness (QED) is 0.607. The second-order valence-corrected chi connectivity index (χ2v) is 9.65. The number of ether oxygens (including phenoxy) is 1. The van der Waals surface area contributed by atoms with Gasteiger partial charge in [0.05, 0.1) is 28.6 Å². The summed E-state index contributed by atoms with van der Waals surface area (Å²) < 4.78 is 35.5. The molecule has 30 heavy (non-hydrogen) atoms. The maximum absolute atomic E-state index is 12.7. The van der Waals surface area contributed by atoms with Gasteiger partial charge < -0.3 is 14.5 Å². The van der Waals surface area contributed by atoms with Gasteiger partial charge in [-0.25, -0.2) is 8.42 Å². The summed E-state index contributed by atoms with van der Waals surface area (Å²) in [5.74, 6) is 0. The Bertz CT molecular complexity index is 932. The summed E-state index contributed by atoms with van der Waals surface area (Å²) in [4.78, 5) is 5.05. The monoisotopic (exact) mass is 435 g/mol. The molecule has 1 fully saturated rings. The number of likely N-dealkylation sites (N-methyl/N-ethyl adjacent to an activating group) is 1. The van der Waals surface area contributed by atoms with Crippen molar-refractivity contribution in [2.75, 3.05) is 51.1 Å². The summed E-state index contributed by atoms with van der Waals surface area (Å²) in [6.45, 7) is 10.4. The SMILES string of the molecule is Cc1nn(C)c(C)c1NS(=O)(=O)c1ccc(COCCCN2CCN(C)CC2)cc1. The zero-order chi connectivity index (χ0) is 21.7. The largest absolute Gasteiger partial charge is 0.377 e. The van der Waals surface area contributed by atoms with Crippen LogP contribution < -0.4 is 4.72 Å². The third-order valence-electron chi connectivity index (χ3n) is 5.61. The van der Waals surface area contributed by atoms with Crippen molar-refractivity contribution in [1.82, 2.24) is 19.6 Å². The van der Waals surface area contributed by atoms with Gasteiger partial charge in [-0.3, -0.25) is 9.40 Å². The molecule has 9 heteroatoms. The van der Waals surface area contributed by atoms with E-state index < -0.39 is 10.0 Å². The number of nitrogens with one attached hydrogen (secondary N) is 1. The minimum atomic E-state index is -3.66. The Morgan fingerprint density at radius 3 is 2.33 bits per heavy atom. The topological polar surface area (TPSA) is 79.7 Å². The third-order valence-corrected chi connectivity index (χ3v) is 6.97. The van der Waals surface area contributed by atoms with Crippen molar-refractivity contribution in [2.45, 2.75) is 31.8 Å². The number of benzene rings is 1. The van der Waals surface area contributed by atoms with Gasteiger partial charge in [-0.05, 0) is 45.0 Å². The van der Waals surface area contributed by atoms with Crippen molar-refractivity contribution in [1.29, 1.82) is 0 Å². The van der Waals surface area contributed by atoms with Crippen molar-refractivity contribution in [3.8, 4) is 0 Å². The summed E-state index contributed by atoms with van der Waals surface area (Å²) in [5.41, 5.74) is 2.92. The number of rotatable bonds is 9. The first-order valence-electron chi connectivity index (χ1n) is 10.4. The molecule has 1 aliphatic rings. The lowest BCUT2D eigenvalue weighted by molar-refractivity contribution is 0.0969. The van der Waals surface area contributed by atoms with Crippen LogP contribution in [0, 0.1) is 13.8 Å². The Labute approximate surface area is 179 Å². The molecule has 0 amide bonds. The molecule has 0 unspecified atom stereocenters. The lowest BCUT2D eigenvalue weighted by Gasteiger charge is -2.32. The van der Waals surface area contributed by atoms with Gasteiger partial charge in [-0.15, -0.1) is 0 Å². The van der Waals surface area contributed by atoms with Crippen molar-refractivity contribution in [3.63, 3.8) is 0 Å². The third kappa shape index (κ3) is 5.81. The minimum Gasteiger partial charge on any atom is -0.377 e. The van der Waals surface area contributed by atoms with Crippen molar-refractivity contribution in [2.24, 2.45) is 7.05 Å². The molecule has 1 N–H and O–H groups in total. The van der Waals surface area contributed by atoms with Crippen LogP contribution in [-0.4, -0.2) is 74.4 Å². The average Bonchev–Trinajstić information content (AvgIpc) is 2.95. The molecule has 2 heterocycles. The highest BCUT2D eigenvalue weighted by atomic mass is 32.2. The van der Waals surface area contributed by atoms with E-state index in [4.69, 9.17) is 4.74 Å². The fourth-order valence-electron chi connectivity index (χ4n) is 3.53. The van der Waals surface area contributed by atoms with Crippen LogP contribution in [0.3, 0.4) is 0 Å². The molecule has 166 valence electrons. The van der Waals surface area contributed by atoms with Crippen LogP contribution in [0.5, 0.6) is 0 Å². The predicted octanol–water partition coefficient (Wildman–Crippen LogP) is 1.99. The van der Waals surface area contributed by atoms with E-state index in [1.165, 1.54) is 0 Å². The standard InChI is InChI=1S/C21H33N5O3S/c1-17-21(18(2)25(4)22-17)23-30(27,28)20-8-6-19(7-9-20)16-29-15-5-10-26-13-11-24(3)12-14-26/h6-9,23H,5,10-16H2,1-4H3. The normalized spacial score (nSPS) is 16.1. The molecule has 0 spiro atoms. The van der Waals surface area contributed by atoms with Crippen molar-refractivity contribution in [3.05, 3.63) is 41.2 Å². The Morgan fingerprint density at radius 2 is 1.73 bits per heavy atom. The predicted molar refractivity (Wildman–Crippen MR) is 118 cm³/mol. The Hall–Kier alpha value is -1.94. The van der Waals surface area contributed by atoms with Crippen LogP contribution in [0.1, 0.15) is 23.4 Å². The summed E-state index contributed by atoms with van der Waals surface area (Å²) in [6, 6.07) is 6.84. The van der Waals surface area contributed by atoms with E-state index in [2.05, 4.69) is 26.7 Å². The molecule has 0 bridgehead atoms. The lowest BCUT2D eigenvalue weighted by Crippen LogP contribution is -2.44. The first kappa shape index (κ1) is 22.7. The molecule has 0 aliphatic carbocycles. The van der Waals surface area contributed by atoms with Gasteiger partial charge in [0.2, 0.25) is 0 Å². The molecule has 0 saturated carbocycles. The van der Waals surface area contributed by atoms with E-state index in [-0.39, 0.29) is 4.90 Å². The van der Waals surface area contributed by atoms with Crippen LogP contribution in [0.25, 0.3) is 0 Å². The summed E-state index contributed by atoms with van der Waals surface area (Å²) in [6.07, 6.45) is 1.00. The van der Waals surface area contributed by atoms with E-state index in [9.17, 15) is 8.42 Å². The summed E-state index contributed by atoms with van der Waals surface area (Å²) in [5, 5.41) is 4.25. The Balaban J connectivity index is 1.46. The lowest BCUT2D eigenvalue weighted by atomic mass is 10.2. The number of hydrogen-bond acceptors (Lipinski definition) is 6. The smallest absolute Gasteiger partial charge is 0.262 e. The van der Waals surface area contributed by atoms with Crippen molar-refractivity contribution < 1.29 is 13.2 Å². The minimum absolute atomic E-state index is 0.226.